The Hall–Kier alpha value is -3.40. The Kier molecular flexibility index (Phi) is 3.60. The Bertz CT molecular complexity index is 1250. The molecule has 1 saturated carbocycles. The maximum atomic E-state index is 13.5. The summed E-state index contributed by atoms with van der Waals surface area (Å²) >= 11 is 0. The fourth-order valence-electron chi connectivity index (χ4n) is 5.01. The van der Waals surface area contributed by atoms with Crippen molar-refractivity contribution in [3.8, 4) is 0 Å². The molecule has 0 spiro atoms. The molecule has 0 unspecified atom stereocenters. The van der Waals surface area contributed by atoms with Crippen LogP contribution in [0.4, 0.5) is 11.5 Å². The summed E-state index contributed by atoms with van der Waals surface area (Å²) in [5, 5.41) is 0. The minimum Gasteiger partial charge on any atom is -0.326 e. The minimum atomic E-state index is 0.0804. The van der Waals surface area contributed by atoms with Crippen molar-refractivity contribution in [3.63, 3.8) is 0 Å². The lowest BCUT2D eigenvalue weighted by Gasteiger charge is -2.29. The number of anilines is 2. The Labute approximate surface area is 169 Å². The molecule has 0 radical (unpaired) electrons. The molecule has 142 valence electrons. The summed E-state index contributed by atoms with van der Waals surface area (Å²) in [6, 6.07) is 26.7. The minimum absolute atomic E-state index is 0.0804. The van der Waals surface area contributed by atoms with Gasteiger partial charge in [-0.05, 0) is 48.1 Å². The van der Waals surface area contributed by atoms with E-state index in [1.807, 2.05) is 42.6 Å². The fourth-order valence-corrected chi connectivity index (χ4v) is 5.01. The van der Waals surface area contributed by atoms with Crippen LogP contribution < -0.4 is 10.5 Å². The Morgan fingerprint density at radius 2 is 1.62 bits per heavy atom. The average Bonchev–Trinajstić information content (AvgIpc) is 3.46. The zero-order valence-corrected chi connectivity index (χ0v) is 16.0. The lowest BCUT2D eigenvalue weighted by atomic mass is 10.0. The monoisotopic (exact) mass is 379 g/mol. The van der Waals surface area contributed by atoms with Gasteiger partial charge in [0.15, 0.2) is 0 Å². The number of pyridine rings is 1. The van der Waals surface area contributed by atoms with Gasteiger partial charge in [-0.15, -0.1) is 0 Å². The summed E-state index contributed by atoms with van der Waals surface area (Å²) in [5.74, 6) is 2.10. The van der Waals surface area contributed by atoms with Crippen molar-refractivity contribution in [3.05, 3.63) is 107 Å². The second-order valence-corrected chi connectivity index (χ2v) is 8.07. The van der Waals surface area contributed by atoms with Crippen molar-refractivity contribution in [1.82, 2.24) is 9.38 Å². The topological polar surface area (TPSA) is 37.6 Å². The quantitative estimate of drug-likeness (QED) is 0.529. The number of nitrogens with zero attached hydrogens (tertiary/aromatic N) is 3. The van der Waals surface area contributed by atoms with Gasteiger partial charge in [0.2, 0.25) is 0 Å². The van der Waals surface area contributed by atoms with Crippen LogP contribution in [0.2, 0.25) is 0 Å². The second-order valence-electron chi connectivity index (χ2n) is 8.07. The third-order valence-corrected chi connectivity index (χ3v) is 6.45. The first-order chi connectivity index (χ1) is 14.3. The van der Waals surface area contributed by atoms with Crippen molar-refractivity contribution >= 4 is 17.2 Å². The van der Waals surface area contributed by atoms with E-state index in [1.54, 1.807) is 4.40 Å². The molecule has 29 heavy (non-hydrogen) atoms. The number of benzene rings is 2. The highest BCUT2D eigenvalue weighted by Crippen LogP contribution is 2.60. The molecule has 4 heteroatoms. The summed E-state index contributed by atoms with van der Waals surface area (Å²) in [6.45, 7) is 0.911. The second kappa shape index (κ2) is 6.31. The van der Waals surface area contributed by atoms with Gasteiger partial charge in [0.25, 0.3) is 5.56 Å². The van der Waals surface area contributed by atoms with Crippen molar-refractivity contribution in [2.75, 3.05) is 11.4 Å². The van der Waals surface area contributed by atoms with Crippen LogP contribution >= 0.6 is 0 Å². The highest BCUT2D eigenvalue weighted by Gasteiger charge is 2.56. The first-order valence-electron chi connectivity index (χ1n) is 10.2. The molecule has 2 aliphatic rings. The molecule has 3 heterocycles. The molecule has 4 nitrogen and oxygen atoms in total. The van der Waals surface area contributed by atoms with E-state index in [2.05, 4.69) is 47.4 Å². The smallest absolute Gasteiger partial charge is 0.263 e. The third-order valence-electron chi connectivity index (χ3n) is 6.45. The fraction of sp³-hybridized carbons (Fsp3) is 0.200. The number of para-hydroxylation sites is 1. The highest BCUT2D eigenvalue weighted by atomic mass is 16.1. The van der Waals surface area contributed by atoms with Crippen molar-refractivity contribution in [2.24, 2.45) is 11.8 Å². The molecule has 0 bridgehead atoms. The number of rotatable bonds is 3. The van der Waals surface area contributed by atoms with E-state index in [1.165, 1.54) is 5.56 Å². The SMILES string of the molecule is O=c1c2c(nc3ccccn13)N(c1ccccc1)C[C@H]1[C@@H](Cc3ccccc3)[C@@H]21. The summed E-state index contributed by atoms with van der Waals surface area (Å²) in [4.78, 5) is 20.7. The van der Waals surface area contributed by atoms with Crippen LogP contribution in [-0.2, 0) is 6.42 Å². The molecule has 3 atom stereocenters. The largest absolute Gasteiger partial charge is 0.326 e. The summed E-state index contributed by atoms with van der Waals surface area (Å²) < 4.78 is 1.70. The van der Waals surface area contributed by atoms with E-state index >= 15 is 0 Å². The first-order valence-corrected chi connectivity index (χ1v) is 10.2. The number of fused-ring (bicyclic) bond motifs is 4. The Morgan fingerprint density at radius 1 is 0.897 bits per heavy atom. The van der Waals surface area contributed by atoms with Gasteiger partial charge in [-0.2, -0.15) is 0 Å². The molecule has 4 aromatic rings. The standard InChI is InChI=1S/C25H21N3O/c29-25-23-22-19(15-17-9-3-1-4-10-17)20(22)16-28(18-11-5-2-6-12-18)24(23)26-21-13-7-8-14-27(21)25/h1-14,19-20,22H,15-16H2/t19-,20+,22-/m1/s1. The van der Waals surface area contributed by atoms with Crippen LogP contribution in [0.5, 0.6) is 0 Å². The number of aromatic nitrogens is 2. The van der Waals surface area contributed by atoms with Gasteiger partial charge in [0.05, 0.1) is 5.56 Å². The average molecular weight is 379 g/mol. The van der Waals surface area contributed by atoms with Crippen LogP contribution in [-0.4, -0.2) is 15.9 Å². The zero-order valence-electron chi connectivity index (χ0n) is 16.0. The lowest BCUT2D eigenvalue weighted by Crippen LogP contribution is -2.32. The van der Waals surface area contributed by atoms with Crippen LogP contribution in [0.3, 0.4) is 0 Å². The zero-order chi connectivity index (χ0) is 19.4. The molecule has 1 fully saturated rings. The summed E-state index contributed by atoms with van der Waals surface area (Å²) in [5.41, 5.74) is 4.11. The Morgan fingerprint density at radius 3 is 2.41 bits per heavy atom. The van der Waals surface area contributed by atoms with Gasteiger partial charge in [-0.3, -0.25) is 9.20 Å². The van der Waals surface area contributed by atoms with E-state index in [-0.39, 0.29) is 5.56 Å². The van der Waals surface area contributed by atoms with Gasteiger partial charge < -0.3 is 4.90 Å². The molecule has 6 rings (SSSR count). The predicted octanol–water partition coefficient (Wildman–Crippen LogP) is 4.42. The summed E-state index contributed by atoms with van der Waals surface area (Å²) in [6.07, 6.45) is 2.84. The molecular formula is C25H21N3O. The van der Waals surface area contributed by atoms with E-state index < -0.39 is 0 Å². The van der Waals surface area contributed by atoms with Gasteiger partial charge in [0.1, 0.15) is 11.5 Å². The summed E-state index contributed by atoms with van der Waals surface area (Å²) in [7, 11) is 0. The number of hydrogen-bond donors (Lipinski definition) is 0. The van der Waals surface area contributed by atoms with Gasteiger partial charge >= 0.3 is 0 Å². The van der Waals surface area contributed by atoms with Crippen molar-refractivity contribution in [2.45, 2.75) is 12.3 Å². The molecule has 2 aromatic carbocycles. The maximum absolute atomic E-state index is 13.5. The number of hydrogen-bond acceptors (Lipinski definition) is 3. The van der Waals surface area contributed by atoms with Crippen LogP contribution in [0.1, 0.15) is 17.0 Å². The van der Waals surface area contributed by atoms with Crippen molar-refractivity contribution in [1.29, 1.82) is 0 Å². The van der Waals surface area contributed by atoms with E-state index in [9.17, 15) is 4.79 Å². The molecule has 0 saturated heterocycles. The normalized spacial score (nSPS) is 22.2. The van der Waals surface area contributed by atoms with Crippen molar-refractivity contribution < 1.29 is 0 Å². The predicted molar refractivity (Wildman–Crippen MR) is 115 cm³/mol. The molecular weight excluding hydrogens is 358 g/mol. The van der Waals surface area contributed by atoms with Gasteiger partial charge in [0, 0.05) is 24.3 Å². The van der Waals surface area contributed by atoms with E-state index in [4.69, 9.17) is 4.98 Å². The first kappa shape index (κ1) is 16.5. The van der Waals surface area contributed by atoms with Crippen LogP contribution in [0.15, 0.2) is 89.9 Å². The van der Waals surface area contributed by atoms with E-state index in [0.29, 0.717) is 23.4 Å². The third kappa shape index (κ3) is 2.59. The molecule has 1 aliphatic heterocycles. The maximum Gasteiger partial charge on any atom is 0.263 e. The molecule has 2 aromatic heterocycles. The molecule has 0 amide bonds. The van der Waals surface area contributed by atoms with Gasteiger partial charge in [-0.25, -0.2) is 4.98 Å². The lowest BCUT2D eigenvalue weighted by molar-refractivity contribution is 0.686. The van der Waals surface area contributed by atoms with Crippen LogP contribution in [0.25, 0.3) is 5.65 Å². The van der Waals surface area contributed by atoms with Gasteiger partial charge in [-0.1, -0.05) is 54.6 Å². The van der Waals surface area contributed by atoms with Crippen LogP contribution in [0, 0.1) is 11.8 Å². The van der Waals surface area contributed by atoms with E-state index in [0.717, 1.165) is 30.0 Å². The molecule has 0 N–H and O–H groups in total. The molecule has 1 aliphatic carbocycles. The Balaban J connectivity index is 1.50. The highest BCUT2D eigenvalue weighted by molar-refractivity contribution is 5.69.